The van der Waals surface area contributed by atoms with Crippen LogP contribution in [0, 0.1) is 6.92 Å². The van der Waals surface area contributed by atoms with Crippen molar-refractivity contribution in [3.63, 3.8) is 0 Å². The van der Waals surface area contributed by atoms with Gasteiger partial charge >= 0.3 is 0 Å². The molecule has 2 N–H and O–H groups in total. The molecular formula is C14H21N. The van der Waals surface area contributed by atoms with E-state index in [0.717, 1.165) is 6.42 Å². The first-order chi connectivity index (χ1) is 7.18. The van der Waals surface area contributed by atoms with Crippen LogP contribution in [0.1, 0.15) is 43.2 Å². The lowest BCUT2D eigenvalue weighted by molar-refractivity contribution is 0.294. The molecule has 1 aliphatic rings. The largest absolute Gasteiger partial charge is 0.325 e. The lowest BCUT2D eigenvalue weighted by Gasteiger charge is -2.33. The van der Waals surface area contributed by atoms with Gasteiger partial charge in [0.05, 0.1) is 0 Å². The van der Waals surface area contributed by atoms with E-state index < -0.39 is 0 Å². The number of hydrogen-bond donors (Lipinski definition) is 1. The predicted molar refractivity (Wildman–Crippen MR) is 64.9 cm³/mol. The van der Waals surface area contributed by atoms with Crippen molar-refractivity contribution in [2.75, 3.05) is 0 Å². The summed E-state index contributed by atoms with van der Waals surface area (Å²) in [6.45, 7) is 2.15. The van der Waals surface area contributed by atoms with Gasteiger partial charge in [-0.1, -0.05) is 49.1 Å². The molecule has 0 aliphatic heterocycles. The summed E-state index contributed by atoms with van der Waals surface area (Å²) in [5, 5.41) is 0. The molecule has 2 rings (SSSR count). The molecule has 0 saturated heterocycles. The Labute approximate surface area is 92.7 Å². The van der Waals surface area contributed by atoms with Gasteiger partial charge in [-0.2, -0.15) is 0 Å². The number of rotatable bonds is 2. The second-order valence-electron chi connectivity index (χ2n) is 5.09. The van der Waals surface area contributed by atoms with Crippen LogP contribution in [0.5, 0.6) is 0 Å². The summed E-state index contributed by atoms with van der Waals surface area (Å²) < 4.78 is 0. The standard InChI is InChI=1S/C14H21N/c1-12-6-5-7-13(10-12)11-14(15)8-3-2-4-9-14/h5-7,10H,2-4,8-9,11,15H2,1H3. The van der Waals surface area contributed by atoms with Crippen molar-refractivity contribution in [1.29, 1.82) is 0 Å². The molecule has 0 bridgehead atoms. The van der Waals surface area contributed by atoms with E-state index in [9.17, 15) is 0 Å². The molecule has 82 valence electrons. The molecule has 1 aromatic rings. The Morgan fingerprint density at radius 3 is 2.60 bits per heavy atom. The van der Waals surface area contributed by atoms with Crippen LogP contribution in [0.3, 0.4) is 0 Å². The van der Waals surface area contributed by atoms with Gasteiger partial charge in [0.25, 0.3) is 0 Å². The summed E-state index contributed by atoms with van der Waals surface area (Å²) in [6, 6.07) is 8.75. The van der Waals surface area contributed by atoms with Gasteiger partial charge in [-0.05, 0) is 31.7 Å². The monoisotopic (exact) mass is 203 g/mol. The van der Waals surface area contributed by atoms with E-state index >= 15 is 0 Å². The third-order valence-electron chi connectivity index (χ3n) is 3.49. The summed E-state index contributed by atoms with van der Waals surface area (Å²) >= 11 is 0. The van der Waals surface area contributed by atoms with Gasteiger partial charge in [-0.3, -0.25) is 0 Å². The molecule has 1 nitrogen and oxygen atoms in total. The Hall–Kier alpha value is -0.820. The summed E-state index contributed by atoms with van der Waals surface area (Å²) in [4.78, 5) is 0. The van der Waals surface area contributed by atoms with Gasteiger partial charge < -0.3 is 5.73 Å². The molecular weight excluding hydrogens is 182 g/mol. The fraction of sp³-hybridized carbons (Fsp3) is 0.571. The van der Waals surface area contributed by atoms with E-state index in [1.54, 1.807) is 0 Å². The SMILES string of the molecule is Cc1cccc(CC2(N)CCCCC2)c1. The number of benzene rings is 1. The zero-order valence-corrected chi connectivity index (χ0v) is 9.63. The quantitative estimate of drug-likeness (QED) is 0.785. The highest BCUT2D eigenvalue weighted by Crippen LogP contribution is 2.29. The van der Waals surface area contributed by atoms with E-state index in [0.29, 0.717) is 0 Å². The van der Waals surface area contributed by atoms with Crippen LogP contribution in [-0.4, -0.2) is 5.54 Å². The smallest absolute Gasteiger partial charge is 0.0195 e. The lowest BCUT2D eigenvalue weighted by atomic mass is 9.78. The average Bonchev–Trinajstić information content (AvgIpc) is 2.18. The molecule has 1 aromatic carbocycles. The number of nitrogens with two attached hydrogens (primary N) is 1. The third kappa shape index (κ3) is 2.82. The van der Waals surface area contributed by atoms with Crippen molar-refractivity contribution in [3.8, 4) is 0 Å². The molecule has 1 saturated carbocycles. The summed E-state index contributed by atoms with van der Waals surface area (Å²) in [7, 11) is 0. The van der Waals surface area contributed by atoms with Crippen LogP contribution < -0.4 is 5.73 Å². The van der Waals surface area contributed by atoms with Gasteiger partial charge in [0, 0.05) is 5.54 Å². The maximum atomic E-state index is 6.44. The molecule has 0 aromatic heterocycles. The summed E-state index contributed by atoms with van der Waals surface area (Å²) in [6.07, 6.45) is 7.42. The van der Waals surface area contributed by atoms with E-state index in [2.05, 4.69) is 31.2 Å². The van der Waals surface area contributed by atoms with Gasteiger partial charge in [0.15, 0.2) is 0 Å². The lowest BCUT2D eigenvalue weighted by Crippen LogP contribution is -2.43. The highest BCUT2D eigenvalue weighted by molar-refractivity contribution is 5.24. The Bertz CT molecular complexity index is 324. The van der Waals surface area contributed by atoms with Crippen LogP contribution in [-0.2, 0) is 6.42 Å². The summed E-state index contributed by atoms with van der Waals surface area (Å²) in [5.74, 6) is 0. The fourth-order valence-electron chi connectivity index (χ4n) is 2.66. The maximum absolute atomic E-state index is 6.44. The van der Waals surface area contributed by atoms with Crippen molar-refractivity contribution in [2.24, 2.45) is 5.73 Å². The first-order valence-corrected chi connectivity index (χ1v) is 6.02. The van der Waals surface area contributed by atoms with Crippen LogP contribution in [0.15, 0.2) is 24.3 Å². The molecule has 1 fully saturated rings. The van der Waals surface area contributed by atoms with Crippen molar-refractivity contribution >= 4 is 0 Å². The minimum Gasteiger partial charge on any atom is -0.325 e. The van der Waals surface area contributed by atoms with Crippen molar-refractivity contribution in [1.82, 2.24) is 0 Å². The van der Waals surface area contributed by atoms with Gasteiger partial charge in [-0.15, -0.1) is 0 Å². The van der Waals surface area contributed by atoms with E-state index in [1.165, 1.54) is 43.2 Å². The van der Waals surface area contributed by atoms with Crippen molar-refractivity contribution in [3.05, 3.63) is 35.4 Å². The van der Waals surface area contributed by atoms with Crippen LogP contribution in [0.25, 0.3) is 0 Å². The van der Waals surface area contributed by atoms with Gasteiger partial charge in [-0.25, -0.2) is 0 Å². The molecule has 1 heteroatoms. The second kappa shape index (κ2) is 4.36. The Kier molecular flexibility index (Phi) is 3.11. The van der Waals surface area contributed by atoms with E-state index in [1.807, 2.05) is 0 Å². The minimum absolute atomic E-state index is 0.0754. The molecule has 0 radical (unpaired) electrons. The van der Waals surface area contributed by atoms with Crippen LogP contribution >= 0.6 is 0 Å². The Morgan fingerprint density at radius 2 is 1.93 bits per heavy atom. The van der Waals surface area contributed by atoms with Gasteiger partial charge in [0.1, 0.15) is 0 Å². The Balaban J connectivity index is 2.06. The molecule has 0 spiro atoms. The molecule has 15 heavy (non-hydrogen) atoms. The molecule has 0 heterocycles. The zero-order valence-electron chi connectivity index (χ0n) is 9.63. The normalized spacial score (nSPS) is 20.1. The number of aryl methyl sites for hydroxylation is 1. The highest BCUT2D eigenvalue weighted by Gasteiger charge is 2.27. The maximum Gasteiger partial charge on any atom is 0.0195 e. The van der Waals surface area contributed by atoms with Crippen molar-refractivity contribution < 1.29 is 0 Å². The van der Waals surface area contributed by atoms with Crippen molar-refractivity contribution in [2.45, 2.75) is 51.0 Å². The topological polar surface area (TPSA) is 26.0 Å². The van der Waals surface area contributed by atoms with E-state index in [4.69, 9.17) is 5.73 Å². The predicted octanol–water partition coefficient (Wildman–Crippen LogP) is 3.20. The summed E-state index contributed by atoms with van der Waals surface area (Å²) in [5.41, 5.74) is 9.26. The average molecular weight is 203 g/mol. The first kappa shape index (κ1) is 10.7. The molecule has 0 amide bonds. The zero-order chi connectivity index (χ0) is 10.7. The van der Waals surface area contributed by atoms with E-state index in [-0.39, 0.29) is 5.54 Å². The second-order valence-corrected chi connectivity index (χ2v) is 5.09. The molecule has 0 atom stereocenters. The molecule has 1 aliphatic carbocycles. The fourth-order valence-corrected chi connectivity index (χ4v) is 2.66. The minimum atomic E-state index is 0.0754. The van der Waals surface area contributed by atoms with Gasteiger partial charge in [0.2, 0.25) is 0 Å². The van der Waals surface area contributed by atoms with Crippen LogP contribution in [0.2, 0.25) is 0 Å². The highest BCUT2D eigenvalue weighted by atomic mass is 14.7. The third-order valence-corrected chi connectivity index (χ3v) is 3.49. The first-order valence-electron chi connectivity index (χ1n) is 6.02. The Morgan fingerprint density at radius 1 is 1.20 bits per heavy atom. The van der Waals surface area contributed by atoms with Crippen LogP contribution in [0.4, 0.5) is 0 Å². The molecule has 0 unspecified atom stereocenters. The number of hydrogen-bond acceptors (Lipinski definition) is 1.